The summed E-state index contributed by atoms with van der Waals surface area (Å²) in [6.45, 7) is 2.63. The van der Waals surface area contributed by atoms with Gasteiger partial charge in [0.25, 0.3) is 5.56 Å². The van der Waals surface area contributed by atoms with Crippen LogP contribution in [0.1, 0.15) is 58.6 Å². The zero-order valence-corrected chi connectivity index (χ0v) is 32.2. The minimum atomic E-state index is -0.870. The van der Waals surface area contributed by atoms with Gasteiger partial charge >= 0.3 is 0 Å². The maximum atomic E-state index is 14.2. The van der Waals surface area contributed by atoms with Crippen LogP contribution in [0.3, 0.4) is 0 Å². The predicted molar refractivity (Wildman–Crippen MR) is 229 cm³/mol. The SMILES string of the molecule is CCc1nc2ccn(Cc3ccccc3)c(=O)c2n1[C@H]1CCc2cc(-c3ccccc3-c3nnnn3C(c3ccccc3)(c3ccccc3)c3ccccc3)ccc21. The molecular weight excluding hydrogens is 715 g/mol. The highest BCUT2D eigenvalue weighted by Gasteiger charge is 2.42. The Morgan fingerprint density at radius 3 is 1.93 bits per heavy atom. The monoisotopic (exact) mass is 755 g/mol. The summed E-state index contributed by atoms with van der Waals surface area (Å²) in [5, 5.41) is 14.0. The summed E-state index contributed by atoms with van der Waals surface area (Å²) in [5.41, 5.74) is 10.3. The first-order valence-electron chi connectivity index (χ1n) is 20.0. The molecule has 8 nitrogen and oxygen atoms in total. The van der Waals surface area contributed by atoms with Gasteiger partial charge in [0.2, 0.25) is 0 Å². The number of nitrogens with zero attached hydrogens (tertiary/aromatic N) is 7. The molecule has 0 radical (unpaired) electrons. The third-order valence-electron chi connectivity index (χ3n) is 11.7. The molecular formula is C50H41N7O. The molecule has 0 fully saturated rings. The van der Waals surface area contributed by atoms with Gasteiger partial charge in [0.15, 0.2) is 5.82 Å². The summed E-state index contributed by atoms with van der Waals surface area (Å²) in [4.78, 5) is 19.2. The topological polar surface area (TPSA) is 83.4 Å². The maximum Gasteiger partial charge on any atom is 0.277 e. The lowest BCUT2D eigenvalue weighted by Crippen LogP contribution is -2.39. The van der Waals surface area contributed by atoms with Crippen molar-refractivity contribution < 1.29 is 0 Å². The van der Waals surface area contributed by atoms with Gasteiger partial charge in [0, 0.05) is 18.2 Å². The number of fused-ring (bicyclic) bond motifs is 2. The Morgan fingerprint density at radius 2 is 1.29 bits per heavy atom. The number of aromatic nitrogens is 7. The molecule has 0 amide bonds. The molecule has 9 aromatic rings. The van der Waals surface area contributed by atoms with Crippen LogP contribution >= 0.6 is 0 Å². The highest BCUT2D eigenvalue weighted by atomic mass is 16.1. The Kier molecular flexibility index (Phi) is 8.94. The van der Waals surface area contributed by atoms with Gasteiger partial charge in [-0.3, -0.25) is 4.79 Å². The number of aryl methyl sites for hydroxylation is 2. The second-order valence-corrected chi connectivity index (χ2v) is 15.0. The Labute approximate surface area is 336 Å². The number of hydrogen-bond acceptors (Lipinski definition) is 5. The van der Waals surface area contributed by atoms with E-state index in [9.17, 15) is 4.79 Å². The molecule has 1 atom stereocenters. The van der Waals surface area contributed by atoms with Crippen LogP contribution in [0, 0.1) is 0 Å². The molecule has 0 saturated carbocycles. The third kappa shape index (κ3) is 5.79. The predicted octanol–water partition coefficient (Wildman–Crippen LogP) is 9.50. The average Bonchev–Trinajstić information content (AvgIpc) is 4.04. The molecule has 3 aromatic heterocycles. The molecule has 1 aliphatic carbocycles. The van der Waals surface area contributed by atoms with Crippen molar-refractivity contribution in [3.63, 3.8) is 0 Å². The molecule has 6 aromatic carbocycles. The van der Waals surface area contributed by atoms with Gasteiger partial charge in [-0.05, 0) is 73.8 Å². The molecule has 3 heterocycles. The Hall–Kier alpha value is -7.19. The fourth-order valence-corrected chi connectivity index (χ4v) is 9.13. The van der Waals surface area contributed by atoms with E-state index in [2.05, 4.69) is 144 Å². The molecule has 0 saturated heterocycles. The van der Waals surface area contributed by atoms with E-state index in [1.807, 2.05) is 53.3 Å². The molecule has 0 spiro atoms. The van der Waals surface area contributed by atoms with E-state index in [-0.39, 0.29) is 11.6 Å². The van der Waals surface area contributed by atoms with E-state index in [1.165, 1.54) is 11.1 Å². The Balaban J connectivity index is 1.08. The van der Waals surface area contributed by atoms with Gasteiger partial charge in [-0.25, -0.2) is 9.67 Å². The zero-order chi connectivity index (χ0) is 39.1. The highest BCUT2D eigenvalue weighted by Crippen LogP contribution is 2.44. The van der Waals surface area contributed by atoms with Crippen LogP contribution in [-0.4, -0.2) is 34.3 Å². The van der Waals surface area contributed by atoms with Gasteiger partial charge in [-0.1, -0.05) is 171 Å². The normalized spacial score (nSPS) is 13.8. The minimum absolute atomic E-state index is 0.00931. The largest absolute Gasteiger partial charge is 0.316 e. The van der Waals surface area contributed by atoms with Crippen molar-refractivity contribution in [2.24, 2.45) is 0 Å². The molecule has 58 heavy (non-hydrogen) atoms. The van der Waals surface area contributed by atoms with Crippen LogP contribution in [0.5, 0.6) is 0 Å². The molecule has 282 valence electrons. The van der Waals surface area contributed by atoms with Crippen LogP contribution in [0.15, 0.2) is 181 Å². The smallest absolute Gasteiger partial charge is 0.277 e. The van der Waals surface area contributed by atoms with Gasteiger partial charge in [0.05, 0.1) is 18.1 Å². The summed E-state index contributed by atoms with van der Waals surface area (Å²) in [7, 11) is 0. The first kappa shape index (κ1) is 35.2. The van der Waals surface area contributed by atoms with Crippen molar-refractivity contribution in [2.45, 2.75) is 44.3 Å². The first-order valence-corrected chi connectivity index (χ1v) is 20.0. The van der Waals surface area contributed by atoms with Crippen molar-refractivity contribution in [1.29, 1.82) is 0 Å². The minimum Gasteiger partial charge on any atom is -0.316 e. The van der Waals surface area contributed by atoms with Crippen LogP contribution in [0.25, 0.3) is 33.5 Å². The number of pyridine rings is 1. The third-order valence-corrected chi connectivity index (χ3v) is 11.7. The lowest BCUT2D eigenvalue weighted by Gasteiger charge is -2.36. The number of rotatable bonds is 10. The second kappa shape index (κ2) is 14.7. The molecule has 8 heteroatoms. The first-order chi connectivity index (χ1) is 28.6. The fraction of sp³-hybridized carbons (Fsp3) is 0.140. The van der Waals surface area contributed by atoms with E-state index in [1.54, 1.807) is 4.57 Å². The second-order valence-electron chi connectivity index (χ2n) is 15.0. The molecule has 0 aliphatic heterocycles. The van der Waals surface area contributed by atoms with E-state index in [4.69, 9.17) is 15.3 Å². The number of tetrazole rings is 1. The van der Waals surface area contributed by atoms with Crippen LogP contribution in [0.2, 0.25) is 0 Å². The lowest BCUT2D eigenvalue weighted by molar-refractivity contribution is 0.451. The van der Waals surface area contributed by atoms with E-state index < -0.39 is 5.54 Å². The molecule has 1 aliphatic rings. The molecule has 0 N–H and O–H groups in total. The summed E-state index contributed by atoms with van der Waals surface area (Å²) in [6, 6.07) is 58.8. The van der Waals surface area contributed by atoms with Crippen molar-refractivity contribution >= 4 is 11.0 Å². The quantitative estimate of drug-likeness (QED) is 0.130. The van der Waals surface area contributed by atoms with Gasteiger partial charge in [-0.2, -0.15) is 0 Å². The van der Waals surface area contributed by atoms with Gasteiger partial charge in [-0.15, -0.1) is 5.10 Å². The van der Waals surface area contributed by atoms with Crippen LogP contribution in [0.4, 0.5) is 0 Å². The van der Waals surface area contributed by atoms with Crippen molar-refractivity contribution in [3.8, 4) is 22.5 Å². The molecule has 0 unspecified atom stereocenters. The summed E-state index contributed by atoms with van der Waals surface area (Å²) < 4.78 is 6.03. The average molecular weight is 756 g/mol. The van der Waals surface area contributed by atoms with Crippen LogP contribution < -0.4 is 5.56 Å². The molecule has 10 rings (SSSR count). The van der Waals surface area contributed by atoms with E-state index in [0.29, 0.717) is 17.9 Å². The number of imidazole rings is 1. The lowest BCUT2D eigenvalue weighted by atomic mass is 9.77. The zero-order valence-electron chi connectivity index (χ0n) is 32.2. The van der Waals surface area contributed by atoms with Crippen molar-refractivity contribution in [2.75, 3.05) is 0 Å². The fourth-order valence-electron chi connectivity index (χ4n) is 9.13. The number of benzene rings is 6. The summed E-state index contributed by atoms with van der Waals surface area (Å²) >= 11 is 0. The molecule has 0 bridgehead atoms. The summed E-state index contributed by atoms with van der Waals surface area (Å²) in [5.74, 6) is 1.59. The number of hydrogen-bond donors (Lipinski definition) is 0. The Bertz CT molecular complexity index is 2840. The standard InChI is InChI=1S/C50H41N7O/c1-2-46-51-44-31-32-55(34-35-17-7-3-8-18-35)49(58)47(44)56(46)45-30-28-37-33-36(27-29-42(37)45)41-25-15-16-26-43(41)48-52-53-54-57(48)50(38-19-9-4-10-20-38,39-21-11-5-12-22-39)40-23-13-6-14-24-40/h3-27,29,31-33,45H,2,28,30,34H2,1H3/t45-/m0/s1. The van der Waals surface area contributed by atoms with Crippen molar-refractivity contribution in [3.05, 3.63) is 226 Å². The maximum absolute atomic E-state index is 14.2. The van der Waals surface area contributed by atoms with E-state index >= 15 is 0 Å². The van der Waals surface area contributed by atoms with Gasteiger partial charge < -0.3 is 9.13 Å². The Morgan fingerprint density at radius 1 is 0.690 bits per heavy atom. The van der Waals surface area contributed by atoms with Crippen LogP contribution in [-0.2, 0) is 24.9 Å². The summed E-state index contributed by atoms with van der Waals surface area (Å²) in [6.07, 6.45) is 4.38. The van der Waals surface area contributed by atoms with Gasteiger partial charge in [0.1, 0.15) is 16.9 Å². The highest BCUT2D eigenvalue weighted by molar-refractivity contribution is 5.82. The van der Waals surface area contributed by atoms with Crippen molar-refractivity contribution in [1.82, 2.24) is 34.3 Å². The van der Waals surface area contributed by atoms with E-state index in [0.717, 1.165) is 69.5 Å².